The molecule has 0 spiro atoms. The van der Waals surface area contributed by atoms with Gasteiger partial charge in [-0.15, -0.1) is 0 Å². The minimum Gasteiger partial charge on any atom is -0.480 e. The van der Waals surface area contributed by atoms with Gasteiger partial charge in [0.15, 0.2) is 9.84 Å². The molecule has 1 fully saturated rings. The third kappa shape index (κ3) is 4.40. The number of aliphatic carboxylic acids is 1. The molecule has 0 aromatic rings. The molecule has 0 aromatic heterocycles. The molecule has 2 unspecified atom stereocenters. The molecule has 7 heteroatoms. The van der Waals surface area contributed by atoms with Gasteiger partial charge in [-0.1, -0.05) is 0 Å². The van der Waals surface area contributed by atoms with E-state index in [2.05, 4.69) is 0 Å². The Hall–Kier alpha value is -0.270. The van der Waals surface area contributed by atoms with E-state index in [1.165, 1.54) is 11.8 Å². The van der Waals surface area contributed by atoms with Gasteiger partial charge in [0.2, 0.25) is 0 Å². The van der Waals surface area contributed by atoms with Gasteiger partial charge < -0.3 is 10.8 Å². The van der Waals surface area contributed by atoms with E-state index in [0.717, 1.165) is 0 Å². The maximum absolute atomic E-state index is 11.1. The van der Waals surface area contributed by atoms with E-state index in [-0.39, 0.29) is 16.8 Å². The second-order valence-electron chi connectivity index (χ2n) is 3.63. The van der Waals surface area contributed by atoms with Crippen LogP contribution in [-0.2, 0) is 14.6 Å². The fourth-order valence-corrected chi connectivity index (χ4v) is 5.08. The highest BCUT2D eigenvalue weighted by Gasteiger charge is 2.28. The average Bonchev–Trinajstić information content (AvgIpc) is 2.45. The molecule has 15 heavy (non-hydrogen) atoms. The van der Waals surface area contributed by atoms with Crippen LogP contribution >= 0.6 is 11.8 Å². The van der Waals surface area contributed by atoms with Crippen LogP contribution in [0.1, 0.15) is 12.8 Å². The molecule has 0 amide bonds. The molecule has 88 valence electrons. The second-order valence-corrected chi connectivity index (χ2v) is 7.27. The maximum Gasteiger partial charge on any atom is 0.320 e. The molecule has 0 saturated carbocycles. The zero-order valence-corrected chi connectivity index (χ0v) is 9.89. The third-order valence-electron chi connectivity index (χ3n) is 2.29. The molecule has 2 atom stereocenters. The molecular formula is C8H15NO4S2. The molecule has 1 aliphatic heterocycles. The summed E-state index contributed by atoms with van der Waals surface area (Å²) in [5.74, 6) is 0.0816. The molecule has 1 saturated heterocycles. The average molecular weight is 253 g/mol. The summed E-state index contributed by atoms with van der Waals surface area (Å²) in [6, 6.07) is -0.837. The molecule has 0 aromatic carbocycles. The summed E-state index contributed by atoms with van der Waals surface area (Å²) >= 11 is 1.51. The first-order chi connectivity index (χ1) is 6.91. The van der Waals surface area contributed by atoms with Crippen LogP contribution in [0.3, 0.4) is 0 Å². The second kappa shape index (κ2) is 5.18. The van der Waals surface area contributed by atoms with Crippen LogP contribution in [-0.4, -0.2) is 48.0 Å². The van der Waals surface area contributed by atoms with Gasteiger partial charge in [-0.05, 0) is 18.6 Å². The number of carboxylic acids is 1. The van der Waals surface area contributed by atoms with Crippen molar-refractivity contribution in [1.82, 2.24) is 0 Å². The van der Waals surface area contributed by atoms with E-state index in [9.17, 15) is 13.2 Å². The Bertz CT molecular complexity index is 328. The van der Waals surface area contributed by atoms with Crippen molar-refractivity contribution in [3.05, 3.63) is 0 Å². The summed E-state index contributed by atoms with van der Waals surface area (Å²) in [6.45, 7) is 0. The largest absolute Gasteiger partial charge is 0.480 e. The summed E-state index contributed by atoms with van der Waals surface area (Å²) in [5.41, 5.74) is 5.32. The highest BCUT2D eigenvalue weighted by molar-refractivity contribution is 8.01. The fraction of sp³-hybridized carbons (Fsp3) is 0.875. The first-order valence-electron chi connectivity index (χ1n) is 4.71. The molecule has 0 bridgehead atoms. The van der Waals surface area contributed by atoms with E-state index >= 15 is 0 Å². The van der Waals surface area contributed by atoms with Crippen LogP contribution in [0.4, 0.5) is 0 Å². The van der Waals surface area contributed by atoms with Gasteiger partial charge in [0.1, 0.15) is 6.04 Å². The van der Waals surface area contributed by atoms with E-state index in [4.69, 9.17) is 10.8 Å². The predicted molar refractivity (Wildman–Crippen MR) is 59.7 cm³/mol. The lowest BCUT2D eigenvalue weighted by Crippen LogP contribution is -2.30. The highest BCUT2D eigenvalue weighted by Crippen LogP contribution is 2.24. The standard InChI is InChI=1S/C8H15NO4S2/c9-7(8(10)11)1-3-14-6-2-4-15(12,13)5-6/h6-7H,1-5,9H2,(H,10,11). The van der Waals surface area contributed by atoms with Crippen LogP contribution in [0.2, 0.25) is 0 Å². The van der Waals surface area contributed by atoms with Crippen molar-refractivity contribution in [2.24, 2.45) is 5.73 Å². The van der Waals surface area contributed by atoms with Crippen LogP contribution in [0.25, 0.3) is 0 Å². The Morgan fingerprint density at radius 1 is 1.60 bits per heavy atom. The maximum atomic E-state index is 11.1. The number of hydrogen-bond acceptors (Lipinski definition) is 5. The molecule has 3 N–H and O–H groups in total. The third-order valence-corrected chi connectivity index (χ3v) is 5.61. The molecule has 1 aliphatic rings. The first-order valence-corrected chi connectivity index (χ1v) is 7.58. The van der Waals surface area contributed by atoms with E-state index in [1.54, 1.807) is 0 Å². The lowest BCUT2D eigenvalue weighted by molar-refractivity contribution is -0.138. The smallest absolute Gasteiger partial charge is 0.320 e. The van der Waals surface area contributed by atoms with Crippen LogP contribution in [0.5, 0.6) is 0 Å². The number of rotatable bonds is 5. The van der Waals surface area contributed by atoms with Crippen LogP contribution < -0.4 is 5.73 Å². The first kappa shape index (κ1) is 12.8. The lowest BCUT2D eigenvalue weighted by atomic mass is 10.2. The number of thioether (sulfide) groups is 1. The monoisotopic (exact) mass is 253 g/mol. The van der Waals surface area contributed by atoms with Crippen molar-refractivity contribution in [2.75, 3.05) is 17.3 Å². The minimum atomic E-state index is -2.83. The van der Waals surface area contributed by atoms with Gasteiger partial charge in [-0.3, -0.25) is 4.79 Å². The Kier molecular flexibility index (Phi) is 4.42. The van der Waals surface area contributed by atoms with Crippen molar-refractivity contribution >= 4 is 27.6 Å². The van der Waals surface area contributed by atoms with Crippen LogP contribution in [0.15, 0.2) is 0 Å². The van der Waals surface area contributed by atoms with Gasteiger partial charge >= 0.3 is 5.97 Å². The van der Waals surface area contributed by atoms with Crippen molar-refractivity contribution < 1.29 is 18.3 Å². The summed E-state index contributed by atoms with van der Waals surface area (Å²) in [4.78, 5) is 10.4. The van der Waals surface area contributed by atoms with Crippen molar-refractivity contribution in [3.8, 4) is 0 Å². The lowest BCUT2D eigenvalue weighted by Gasteiger charge is -2.09. The molecule has 5 nitrogen and oxygen atoms in total. The SMILES string of the molecule is NC(CCSC1CCS(=O)(=O)C1)C(=O)O. The van der Waals surface area contributed by atoms with Crippen molar-refractivity contribution in [1.29, 1.82) is 0 Å². The van der Waals surface area contributed by atoms with Gasteiger partial charge in [0.05, 0.1) is 11.5 Å². The molecular weight excluding hydrogens is 238 g/mol. The Labute approximate surface area is 93.3 Å². The number of carboxylic acid groups (broad SMARTS) is 1. The summed E-state index contributed by atoms with van der Waals surface area (Å²) < 4.78 is 22.2. The summed E-state index contributed by atoms with van der Waals surface area (Å²) in [6.07, 6.45) is 1.06. The molecule has 1 rings (SSSR count). The number of nitrogens with two attached hydrogens (primary N) is 1. The summed E-state index contributed by atoms with van der Waals surface area (Å²) in [5, 5.41) is 8.65. The predicted octanol–water partition coefficient (Wildman–Crippen LogP) is -0.291. The normalized spacial score (nSPS) is 26.3. The molecule has 0 aliphatic carbocycles. The molecule has 1 heterocycles. The van der Waals surface area contributed by atoms with Crippen molar-refractivity contribution in [3.63, 3.8) is 0 Å². The van der Waals surface area contributed by atoms with E-state index < -0.39 is 21.8 Å². The number of hydrogen-bond donors (Lipinski definition) is 2. The van der Waals surface area contributed by atoms with Crippen molar-refractivity contribution in [2.45, 2.75) is 24.1 Å². The Balaban J connectivity index is 2.20. The Morgan fingerprint density at radius 2 is 2.27 bits per heavy atom. The zero-order valence-electron chi connectivity index (χ0n) is 8.26. The van der Waals surface area contributed by atoms with E-state index in [1.807, 2.05) is 0 Å². The van der Waals surface area contributed by atoms with Crippen LogP contribution in [0, 0.1) is 0 Å². The number of carbonyl (C=O) groups is 1. The van der Waals surface area contributed by atoms with Gasteiger partial charge in [0.25, 0.3) is 0 Å². The minimum absolute atomic E-state index is 0.121. The van der Waals surface area contributed by atoms with Gasteiger partial charge in [-0.2, -0.15) is 11.8 Å². The number of sulfone groups is 1. The Morgan fingerprint density at radius 3 is 2.73 bits per heavy atom. The van der Waals surface area contributed by atoms with E-state index in [0.29, 0.717) is 18.6 Å². The molecule has 0 radical (unpaired) electrons. The highest BCUT2D eigenvalue weighted by atomic mass is 32.2. The fourth-order valence-electron chi connectivity index (χ4n) is 1.38. The quantitative estimate of drug-likeness (QED) is 0.698. The summed E-state index contributed by atoms with van der Waals surface area (Å²) in [7, 11) is -2.83. The topological polar surface area (TPSA) is 97.5 Å². The van der Waals surface area contributed by atoms with Gasteiger partial charge in [-0.25, -0.2) is 8.42 Å². The zero-order chi connectivity index (χ0) is 11.5. The van der Waals surface area contributed by atoms with Gasteiger partial charge in [0, 0.05) is 5.25 Å².